The largest absolute Gasteiger partial charge is 0.462 e. The summed E-state index contributed by atoms with van der Waals surface area (Å²) in [4.78, 5) is 35.5. The van der Waals surface area contributed by atoms with E-state index >= 15 is 0 Å². The van der Waals surface area contributed by atoms with E-state index in [9.17, 15) is 14.4 Å². The second-order valence-corrected chi connectivity index (χ2v) is 7.10. The van der Waals surface area contributed by atoms with Gasteiger partial charge in [-0.2, -0.15) is 5.10 Å². The Kier molecular flexibility index (Phi) is 7.64. The number of halogens is 2. The third-order valence-electron chi connectivity index (χ3n) is 4.05. The second kappa shape index (κ2) is 10.6. The highest BCUT2D eigenvalue weighted by molar-refractivity contribution is 6.42. The summed E-state index contributed by atoms with van der Waals surface area (Å²) in [6.45, 7) is 1.96. The van der Waals surface area contributed by atoms with E-state index < -0.39 is 17.8 Å². The van der Waals surface area contributed by atoms with Crippen LogP contribution in [0, 0.1) is 0 Å². The Hall–Kier alpha value is -3.62. The number of benzene rings is 2. The van der Waals surface area contributed by atoms with Gasteiger partial charge in [0.15, 0.2) is 0 Å². The molecule has 0 aliphatic heterocycles. The van der Waals surface area contributed by atoms with Gasteiger partial charge in [0, 0.05) is 11.3 Å². The Morgan fingerprint density at radius 1 is 1.00 bits per heavy atom. The first kappa shape index (κ1) is 23.1. The molecule has 1 heterocycles. The van der Waals surface area contributed by atoms with E-state index in [1.54, 1.807) is 37.3 Å². The van der Waals surface area contributed by atoms with Crippen LogP contribution in [0.1, 0.15) is 23.0 Å². The third-order valence-corrected chi connectivity index (χ3v) is 4.79. The van der Waals surface area contributed by atoms with Gasteiger partial charge in [-0.25, -0.2) is 10.2 Å². The van der Waals surface area contributed by atoms with E-state index in [1.807, 2.05) is 0 Å². The molecule has 0 atom stereocenters. The summed E-state index contributed by atoms with van der Waals surface area (Å²) in [7, 11) is 0. The molecule has 2 aromatic carbocycles. The highest BCUT2D eigenvalue weighted by Gasteiger charge is 2.14. The number of amides is 2. The van der Waals surface area contributed by atoms with Crippen LogP contribution in [-0.2, 0) is 14.3 Å². The van der Waals surface area contributed by atoms with Crippen molar-refractivity contribution in [2.75, 3.05) is 11.9 Å². The van der Waals surface area contributed by atoms with Gasteiger partial charge in [-0.05, 0) is 61.5 Å². The van der Waals surface area contributed by atoms with Gasteiger partial charge in [-0.15, -0.1) is 0 Å². The van der Waals surface area contributed by atoms with E-state index in [-0.39, 0.29) is 6.61 Å². The molecule has 0 aliphatic carbocycles. The number of hydrazone groups is 1. The molecule has 0 radical (unpaired) electrons. The quantitative estimate of drug-likeness (QED) is 0.236. The number of esters is 1. The standard InChI is InChI=1S/C22H17Cl2N3O5/c1-2-31-22(30)13-3-6-15(7-4-13)26-20(28)21(29)27-25-12-16-8-10-19(32-16)14-5-9-17(23)18(24)11-14/h3-12H,2H2,1H3,(H,26,28)(H,27,29). The predicted molar refractivity (Wildman–Crippen MR) is 121 cm³/mol. The fraction of sp³-hybridized carbons (Fsp3) is 0.0909. The summed E-state index contributed by atoms with van der Waals surface area (Å²) in [5.74, 6) is -1.51. The molecule has 32 heavy (non-hydrogen) atoms. The molecule has 8 nitrogen and oxygen atoms in total. The Bertz CT molecular complexity index is 1170. The zero-order valence-corrected chi connectivity index (χ0v) is 18.2. The maximum Gasteiger partial charge on any atom is 0.338 e. The maximum absolute atomic E-state index is 12.0. The molecule has 1 aromatic heterocycles. The average Bonchev–Trinajstić information content (AvgIpc) is 3.25. The van der Waals surface area contributed by atoms with Gasteiger partial charge in [-0.3, -0.25) is 9.59 Å². The zero-order valence-electron chi connectivity index (χ0n) is 16.7. The fourth-order valence-electron chi connectivity index (χ4n) is 2.52. The summed E-state index contributed by atoms with van der Waals surface area (Å²) >= 11 is 11.9. The number of anilines is 1. The smallest absolute Gasteiger partial charge is 0.338 e. The summed E-state index contributed by atoms with van der Waals surface area (Å²) in [6.07, 6.45) is 1.25. The minimum Gasteiger partial charge on any atom is -0.462 e. The Morgan fingerprint density at radius 3 is 2.44 bits per heavy atom. The molecule has 164 valence electrons. The SMILES string of the molecule is CCOC(=O)c1ccc(NC(=O)C(=O)NN=Cc2ccc(-c3ccc(Cl)c(Cl)c3)o2)cc1. The van der Waals surface area contributed by atoms with E-state index in [0.29, 0.717) is 32.8 Å². The topological polar surface area (TPSA) is 110 Å². The maximum atomic E-state index is 12.0. The number of ether oxygens (including phenoxy) is 1. The highest BCUT2D eigenvalue weighted by Crippen LogP contribution is 2.29. The van der Waals surface area contributed by atoms with Crippen LogP contribution in [0.4, 0.5) is 5.69 Å². The van der Waals surface area contributed by atoms with Crippen LogP contribution in [0.2, 0.25) is 10.0 Å². The van der Waals surface area contributed by atoms with Crippen molar-refractivity contribution < 1.29 is 23.5 Å². The van der Waals surface area contributed by atoms with Crippen molar-refractivity contribution in [2.45, 2.75) is 6.92 Å². The van der Waals surface area contributed by atoms with Crippen molar-refractivity contribution in [3.63, 3.8) is 0 Å². The minimum atomic E-state index is -0.980. The number of carbonyl (C=O) groups excluding carboxylic acids is 3. The number of nitrogens with zero attached hydrogens (tertiary/aromatic N) is 1. The molecular formula is C22H17Cl2N3O5. The molecule has 2 N–H and O–H groups in total. The van der Waals surface area contributed by atoms with E-state index in [2.05, 4.69) is 15.8 Å². The third kappa shape index (κ3) is 5.96. The lowest BCUT2D eigenvalue weighted by atomic mass is 10.2. The number of rotatable bonds is 6. The number of furan rings is 1. The molecule has 0 saturated carbocycles. The lowest BCUT2D eigenvalue weighted by Crippen LogP contribution is -2.32. The normalized spacial score (nSPS) is 10.7. The van der Waals surface area contributed by atoms with Crippen LogP contribution in [0.3, 0.4) is 0 Å². The number of hydrogen-bond acceptors (Lipinski definition) is 6. The Morgan fingerprint density at radius 2 is 1.75 bits per heavy atom. The van der Waals surface area contributed by atoms with Gasteiger partial charge in [0.05, 0.1) is 28.4 Å². The van der Waals surface area contributed by atoms with Crippen molar-refractivity contribution in [3.05, 3.63) is 76.0 Å². The Balaban J connectivity index is 1.54. The monoisotopic (exact) mass is 473 g/mol. The molecule has 0 bridgehead atoms. The molecule has 0 unspecified atom stereocenters. The van der Waals surface area contributed by atoms with Gasteiger partial charge in [0.1, 0.15) is 11.5 Å². The highest BCUT2D eigenvalue weighted by atomic mass is 35.5. The molecule has 3 rings (SSSR count). The van der Waals surface area contributed by atoms with Gasteiger partial charge >= 0.3 is 17.8 Å². The molecule has 0 saturated heterocycles. The zero-order chi connectivity index (χ0) is 23.1. The summed E-state index contributed by atoms with van der Waals surface area (Å²) in [5, 5.41) is 6.94. The summed E-state index contributed by atoms with van der Waals surface area (Å²) in [5.41, 5.74) is 3.49. The van der Waals surface area contributed by atoms with Crippen molar-refractivity contribution in [1.29, 1.82) is 0 Å². The van der Waals surface area contributed by atoms with Crippen LogP contribution < -0.4 is 10.7 Å². The molecule has 2 amide bonds. The first-order chi connectivity index (χ1) is 15.4. The van der Waals surface area contributed by atoms with Crippen LogP contribution in [-0.4, -0.2) is 30.6 Å². The predicted octanol–water partition coefficient (Wildman–Crippen LogP) is 4.52. The van der Waals surface area contributed by atoms with Crippen molar-refractivity contribution in [3.8, 4) is 11.3 Å². The number of hydrogen-bond donors (Lipinski definition) is 2. The van der Waals surface area contributed by atoms with Crippen LogP contribution in [0.5, 0.6) is 0 Å². The van der Waals surface area contributed by atoms with Gasteiger partial charge in [0.25, 0.3) is 0 Å². The molecule has 3 aromatic rings. The summed E-state index contributed by atoms with van der Waals surface area (Å²) < 4.78 is 10.5. The average molecular weight is 474 g/mol. The fourth-order valence-corrected chi connectivity index (χ4v) is 2.82. The lowest BCUT2D eigenvalue weighted by molar-refractivity contribution is -0.136. The minimum absolute atomic E-state index is 0.257. The lowest BCUT2D eigenvalue weighted by Gasteiger charge is -2.05. The van der Waals surface area contributed by atoms with E-state index in [4.69, 9.17) is 32.4 Å². The van der Waals surface area contributed by atoms with Crippen LogP contribution in [0.25, 0.3) is 11.3 Å². The molecule has 0 spiro atoms. The van der Waals surface area contributed by atoms with E-state index in [0.717, 1.165) is 5.56 Å². The van der Waals surface area contributed by atoms with Crippen molar-refractivity contribution >= 4 is 52.9 Å². The van der Waals surface area contributed by atoms with E-state index in [1.165, 1.54) is 30.5 Å². The Labute approximate surface area is 193 Å². The van der Waals surface area contributed by atoms with Gasteiger partial charge < -0.3 is 14.5 Å². The van der Waals surface area contributed by atoms with Crippen LogP contribution in [0.15, 0.2) is 64.1 Å². The molecule has 0 fully saturated rings. The number of carbonyl (C=O) groups is 3. The van der Waals surface area contributed by atoms with Gasteiger partial charge in [-0.1, -0.05) is 23.2 Å². The molecular weight excluding hydrogens is 457 g/mol. The van der Waals surface area contributed by atoms with Crippen LogP contribution >= 0.6 is 23.2 Å². The molecule has 10 heteroatoms. The van der Waals surface area contributed by atoms with Crippen molar-refractivity contribution in [1.82, 2.24) is 5.43 Å². The second-order valence-electron chi connectivity index (χ2n) is 6.28. The molecule has 0 aliphatic rings. The first-order valence-corrected chi connectivity index (χ1v) is 10.1. The van der Waals surface area contributed by atoms with Crippen molar-refractivity contribution in [2.24, 2.45) is 5.10 Å². The number of nitrogens with one attached hydrogen (secondary N) is 2. The summed E-state index contributed by atoms with van der Waals surface area (Å²) in [6, 6.07) is 14.3. The first-order valence-electron chi connectivity index (χ1n) is 9.34. The van der Waals surface area contributed by atoms with Gasteiger partial charge in [0.2, 0.25) is 0 Å².